The minimum absolute atomic E-state index is 0.121. The second-order valence-corrected chi connectivity index (χ2v) is 6.43. The van der Waals surface area contributed by atoms with Gasteiger partial charge >= 0.3 is 0 Å². The smallest absolute Gasteiger partial charge is 0.273 e. The summed E-state index contributed by atoms with van der Waals surface area (Å²) in [5.74, 6) is -2.80. The van der Waals surface area contributed by atoms with E-state index in [0.29, 0.717) is 17.1 Å². The van der Waals surface area contributed by atoms with Crippen LogP contribution in [0.25, 0.3) is 11.3 Å². The van der Waals surface area contributed by atoms with Crippen molar-refractivity contribution in [2.75, 3.05) is 13.1 Å². The van der Waals surface area contributed by atoms with Crippen molar-refractivity contribution < 1.29 is 21.6 Å². The molecule has 22 heavy (non-hydrogen) atoms. The van der Waals surface area contributed by atoms with E-state index < -0.39 is 29.0 Å². The summed E-state index contributed by atoms with van der Waals surface area (Å²) in [7, 11) is -4.03. The first-order valence-corrected chi connectivity index (χ1v) is 7.82. The lowest BCUT2D eigenvalue weighted by Gasteiger charge is -2.14. The van der Waals surface area contributed by atoms with Gasteiger partial charge in [-0.05, 0) is 12.1 Å². The Kier molecular flexibility index (Phi) is 4.59. The summed E-state index contributed by atoms with van der Waals surface area (Å²) in [5.41, 5.74) is 6.07. The highest BCUT2D eigenvalue weighted by atomic mass is 32.2. The summed E-state index contributed by atoms with van der Waals surface area (Å²) in [5, 5.41) is 0. The van der Waals surface area contributed by atoms with Crippen molar-refractivity contribution in [3.63, 3.8) is 0 Å². The Hall–Kier alpha value is -1.84. The molecule has 0 atom stereocenters. The van der Waals surface area contributed by atoms with Crippen molar-refractivity contribution in [2.45, 2.75) is 17.7 Å². The first kappa shape index (κ1) is 16.5. The maximum absolute atomic E-state index is 13.0. The Morgan fingerprint density at radius 2 is 1.95 bits per heavy atom. The molecule has 0 bridgehead atoms. The lowest BCUT2D eigenvalue weighted by molar-refractivity contribution is 0.0170. The minimum Gasteiger partial charge on any atom is -0.449 e. The average Bonchev–Trinajstić information content (AvgIpc) is 2.92. The van der Waals surface area contributed by atoms with Gasteiger partial charge in [0.05, 0.1) is 18.0 Å². The van der Waals surface area contributed by atoms with Crippen molar-refractivity contribution in [3.8, 4) is 11.3 Å². The number of rotatable bonds is 6. The largest absolute Gasteiger partial charge is 0.449 e. The van der Waals surface area contributed by atoms with E-state index in [-0.39, 0.29) is 4.90 Å². The van der Waals surface area contributed by atoms with E-state index >= 15 is 0 Å². The van der Waals surface area contributed by atoms with Crippen LogP contribution in [0.5, 0.6) is 0 Å². The van der Waals surface area contributed by atoms with E-state index in [0.717, 1.165) is 0 Å². The molecule has 0 saturated carbocycles. The number of alkyl halides is 2. The van der Waals surface area contributed by atoms with E-state index in [1.807, 2.05) is 4.72 Å². The van der Waals surface area contributed by atoms with Gasteiger partial charge in [-0.2, -0.15) is 0 Å². The third kappa shape index (κ3) is 3.87. The number of hydrogen-bond acceptors (Lipinski definition) is 5. The van der Waals surface area contributed by atoms with Crippen LogP contribution in [0.4, 0.5) is 8.78 Å². The zero-order valence-electron chi connectivity index (χ0n) is 11.7. The molecule has 0 unspecified atom stereocenters. The SMILES string of the molecule is Cc1nc(-c2ccc(S(=O)(=O)NCC(F)(F)CN)cc2)co1. The summed E-state index contributed by atoms with van der Waals surface area (Å²) >= 11 is 0. The highest BCUT2D eigenvalue weighted by molar-refractivity contribution is 7.89. The summed E-state index contributed by atoms with van der Waals surface area (Å²) in [6, 6.07) is 5.66. The highest BCUT2D eigenvalue weighted by Crippen LogP contribution is 2.21. The molecule has 0 fully saturated rings. The molecule has 120 valence electrons. The number of aryl methyl sites for hydroxylation is 1. The van der Waals surface area contributed by atoms with Crippen molar-refractivity contribution in [2.24, 2.45) is 5.73 Å². The van der Waals surface area contributed by atoms with Gasteiger partial charge in [0.1, 0.15) is 12.0 Å². The lowest BCUT2D eigenvalue weighted by atomic mass is 10.2. The van der Waals surface area contributed by atoms with Gasteiger partial charge in [0.25, 0.3) is 5.92 Å². The van der Waals surface area contributed by atoms with Crippen LogP contribution in [0.3, 0.4) is 0 Å². The molecule has 1 aromatic carbocycles. The fourth-order valence-electron chi connectivity index (χ4n) is 1.66. The lowest BCUT2D eigenvalue weighted by Crippen LogP contribution is -2.41. The molecule has 0 aliphatic rings. The van der Waals surface area contributed by atoms with Gasteiger partial charge in [0.15, 0.2) is 5.89 Å². The summed E-state index contributed by atoms with van der Waals surface area (Å²) in [6.07, 6.45) is 1.44. The van der Waals surface area contributed by atoms with E-state index in [1.54, 1.807) is 6.92 Å². The fraction of sp³-hybridized carbons (Fsp3) is 0.308. The zero-order chi connectivity index (χ0) is 16.4. The maximum Gasteiger partial charge on any atom is 0.273 e. The standard InChI is InChI=1S/C13H15F2N3O3S/c1-9-18-12(6-21-9)10-2-4-11(5-3-10)22(19,20)17-8-13(14,15)7-16/h2-6,17H,7-8,16H2,1H3. The van der Waals surface area contributed by atoms with E-state index in [9.17, 15) is 17.2 Å². The number of nitrogens with zero attached hydrogens (tertiary/aromatic N) is 1. The minimum atomic E-state index is -4.03. The Balaban J connectivity index is 2.15. The van der Waals surface area contributed by atoms with Crippen molar-refractivity contribution in [3.05, 3.63) is 36.4 Å². The van der Waals surface area contributed by atoms with E-state index in [2.05, 4.69) is 4.98 Å². The molecule has 0 spiro atoms. The Labute approximate surface area is 126 Å². The molecule has 3 N–H and O–H groups in total. The quantitative estimate of drug-likeness (QED) is 0.836. The second-order valence-electron chi connectivity index (χ2n) is 4.66. The van der Waals surface area contributed by atoms with Crippen LogP contribution in [0.15, 0.2) is 39.8 Å². The molecule has 2 rings (SSSR count). The van der Waals surface area contributed by atoms with Gasteiger partial charge in [-0.1, -0.05) is 12.1 Å². The van der Waals surface area contributed by atoms with Crippen LogP contribution < -0.4 is 10.5 Å². The Morgan fingerprint density at radius 3 is 2.45 bits per heavy atom. The van der Waals surface area contributed by atoms with Crippen LogP contribution >= 0.6 is 0 Å². The number of hydrogen-bond donors (Lipinski definition) is 2. The van der Waals surface area contributed by atoms with Crippen molar-refractivity contribution in [1.29, 1.82) is 0 Å². The number of nitrogens with one attached hydrogen (secondary N) is 1. The van der Waals surface area contributed by atoms with Crippen molar-refractivity contribution >= 4 is 10.0 Å². The van der Waals surface area contributed by atoms with Crippen LogP contribution in [0.2, 0.25) is 0 Å². The molecule has 9 heteroatoms. The van der Waals surface area contributed by atoms with Crippen LogP contribution in [0.1, 0.15) is 5.89 Å². The van der Waals surface area contributed by atoms with E-state index in [1.165, 1.54) is 30.5 Å². The molecular formula is C13H15F2N3O3S. The number of oxazole rings is 1. The van der Waals surface area contributed by atoms with Gasteiger partial charge in [-0.3, -0.25) is 0 Å². The highest BCUT2D eigenvalue weighted by Gasteiger charge is 2.29. The monoisotopic (exact) mass is 331 g/mol. The molecule has 1 aromatic heterocycles. The van der Waals surface area contributed by atoms with Crippen LogP contribution in [-0.4, -0.2) is 32.4 Å². The third-order valence-electron chi connectivity index (χ3n) is 2.90. The zero-order valence-corrected chi connectivity index (χ0v) is 12.5. The van der Waals surface area contributed by atoms with E-state index in [4.69, 9.17) is 10.2 Å². The second kappa shape index (κ2) is 6.11. The molecule has 0 radical (unpaired) electrons. The summed E-state index contributed by atoms with van der Waals surface area (Å²) in [4.78, 5) is 3.99. The van der Waals surface area contributed by atoms with Gasteiger partial charge in [0.2, 0.25) is 10.0 Å². The van der Waals surface area contributed by atoms with Gasteiger partial charge in [-0.15, -0.1) is 0 Å². The average molecular weight is 331 g/mol. The summed E-state index contributed by atoms with van der Waals surface area (Å²) < 4.78 is 56.8. The maximum atomic E-state index is 13.0. The number of benzene rings is 1. The number of halogens is 2. The normalized spacial score (nSPS) is 12.5. The van der Waals surface area contributed by atoms with Crippen LogP contribution in [-0.2, 0) is 10.0 Å². The first-order chi connectivity index (χ1) is 10.2. The molecule has 0 aliphatic carbocycles. The first-order valence-electron chi connectivity index (χ1n) is 6.34. The Bertz CT molecular complexity index is 742. The van der Waals surface area contributed by atoms with Gasteiger partial charge in [0, 0.05) is 12.5 Å². The predicted molar refractivity (Wildman–Crippen MR) is 75.9 cm³/mol. The van der Waals surface area contributed by atoms with Crippen LogP contribution in [0, 0.1) is 6.92 Å². The number of nitrogens with two attached hydrogens (primary N) is 1. The van der Waals surface area contributed by atoms with Gasteiger partial charge in [-0.25, -0.2) is 26.9 Å². The number of sulfonamides is 1. The summed E-state index contributed by atoms with van der Waals surface area (Å²) in [6.45, 7) is -0.292. The predicted octanol–water partition coefficient (Wildman–Crippen LogP) is 1.52. The molecule has 0 aliphatic heterocycles. The molecule has 6 nitrogen and oxygen atoms in total. The fourth-order valence-corrected chi connectivity index (χ4v) is 2.72. The molecule has 0 amide bonds. The third-order valence-corrected chi connectivity index (χ3v) is 4.32. The van der Waals surface area contributed by atoms with Crippen molar-refractivity contribution in [1.82, 2.24) is 9.71 Å². The molecule has 0 saturated heterocycles. The topological polar surface area (TPSA) is 98.2 Å². The Morgan fingerprint density at radius 1 is 1.32 bits per heavy atom. The molecule has 1 heterocycles. The molecular weight excluding hydrogens is 316 g/mol. The van der Waals surface area contributed by atoms with Gasteiger partial charge < -0.3 is 10.2 Å². The number of aromatic nitrogens is 1. The molecule has 2 aromatic rings.